The Morgan fingerprint density at radius 3 is 2.33 bits per heavy atom. The van der Waals surface area contributed by atoms with Crippen molar-refractivity contribution in [3.05, 3.63) is 59.7 Å². The molecule has 1 heterocycles. The molecule has 3 rings (SSSR count). The average molecular weight is 411 g/mol. The second-order valence-electron chi connectivity index (χ2n) is 7.84. The molecule has 1 aliphatic rings. The Kier molecular flexibility index (Phi) is 7.46. The number of carbonyl (C=O) groups is 2. The number of nitrogens with zero attached hydrogens (tertiary/aromatic N) is 2. The molecule has 0 saturated carbocycles. The van der Waals surface area contributed by atoms with Crippen molar-refractivity contribution >= 4 is 17.4 Å². The lowest BCUT2D eigenvalue weighted by Gasteiger charge is -2.26. The van der Waals surface area contributed by atoms with Crippen molar-refractivity contribution in [3.63, 3.8) is 0 Å². The van der Waals surface area contributed by atoms with Gasteiger partial charge in [0.15, 0.2) is 12.4 Å². The molecule has 0 radical (unpaired) electrons. The summed E-state index contributed by atoms with van der Waals surface area (Å²) >= 11 is 0. The molecule has 6 heteroatoms. The lowest BCUT2D eigenvalue weighted by atomic mass is 10.1. The van der Waals surface area contributed by atoms with Crippen molar-refractivity contribution in [2.24, 2.45) is 0 Å². The number of hydrogen-bond donors (Lipinski definition) is 0. The maximum atomic E-state index is 12.9. The van der Waals surface area contributed by atoms with E-state index in [0.29, 0.717) is 24.4 Å². The van der Waals surface area contributed by atoms with E-state index in [4.69, 9.17) is 9.47 Å². The third-order valence-corrected chi connectivity index (χ3v) is 5.25. The summed E-state index contributed by atoms with van der Waals surface area (Å²) in [7, 11) is 4.01. The minimum atomic E-state index is -0.0853. The number of ether oxygens (including phenoxy) is 2. The van der Waals surface area contributed by atoms with Gasteiger partial charge in [-0.15, -0.1) is 0 Å². The Labute approximate surface area is 178 Å². The lowest BCUT2D eigenvalue weighted by molar-refractivity contribution is -0.135. The van der Waals surface area contributed by atoms with E-state index >= 15 is 0 Å². The minimum Gasteiger partial charge on any atom is -0.484 e. The topological polar surface area (TPSA) is 59.1 Å². The summed E-state index contributed by atoms with van der Waals surface area (Å²) < 4.78 is 11.4. The molecule has 30 heavy (non-hydrogen) atoms. The third kappa shape index (κ3) is 6.07. The van der Waals surface area contributed by atoms with E-state index < -0.39 is 0 Å². The third-order valence-electron chi connectivity index (χ3n) is 5.25. The molecular formula is C24H30N2O4. The van der Waals surface area contributed by atoms with Crippen molar-refractivity contribution in [2.75, 3.05) is 38.8 Å². The Morgan fingerprint density at radius 2 is 1.77 bits per heavy atom. The summed E-state index contributed by atoms with van der Waals surface area (Å²) in [5.41, 5.74) is 2.81. The van der Waals surface area contributed by atoms with E-state index in [2.05, 4.69) is 12.1 Å². The molecule has 0 spiro atoms. The summed E-state index contributed by atoms with van der Waals surface area (Å²) in [5.74, 6) is 0.485. The number of ketones is 1. The summed E-state index contributed by atoms with van der Waals surface area (Å²) in [6, 6.07) is 15.0. The normalized spacial score (nSPS) is 15.6. The Hall–Kier alpha value is -2.86. The number of Topliss-reactive ketones (excluding diaryl/α,β-unsaturated/α-hetero) is 1. The van der Waals surface area contributed by atoms with Crippen LogP contribution in [0, 0.1) is 0 Å². The maximum Gasteiger partial charge on any atom is 0.260 e. The largest absolute Gasteiger partial charge is 0.484 e. The van der Waals surface area contributed by atoms with Gasteiger partial charge in [-0.3, -0.25) is 9.59 Å². The van der Waals surface area contributed by atoms with Crippen molar-refractivity contribution in [3.8, 4) is 5.75 Å². The number of amides is 1. The predicted octanol–water partition coefficient (Wildman–Crippen LogP) is 3.54. The number of rotatable bonds is 9. The fraction of sp³-hybridized carbons (Fsp3) is 0.417. The van der Waals surface area contributed by atoms with Gasteiger partial charge in [0.05, 0.1) is 6.10 Å². The molecule has 1 saturated heterocycles. The van der Waals surface area contributed by atoms with Crippen molar-refractivity contribution < 1.29 is 19.1 Å². The van der Waals surface area contributed by atoms with Crippen molar-refractivity contribution in [1.29, 1.82) is 0 Å². The van der Waals surface area contributed by atoms with Gasteiger partial charge in [-0.1, -0.05) is 12.1 Å². The fourth-order valence-corrected chi connectivity index (χ4v) is 3.43. The molecule has 0 aliphatic carbocycles. The lowest BCUT2D eigenvalue weighted by Crippen LogP contribution is -2.39. The Balaban J connectivity index is 1.64. The van der Waals surface area contributed by atoms with Crippen molar-refractivity contribution in [2.45, 2.75) is 32.4 Å². The molecule has 160 valence electrons. The highest BCUT2D eigenvalue weighted by atomic mass is 16.5. The smallest absolute Gasteiger partial charge is 0.260 e. The maximum absolute atomic E-state index is 12.9. The molecule has 2 aromatic rings. The van der Waals surface area contributed by atoms with Gasteiger partial charge in [0.25, 0.3) is 5.91 Å². The van der Waals surface area contributed by atoms with Crippen molar-refractivity contribution in [1.82, 2.24) is 4.90 Å². The Morgan fingerprint density at radius 1 is 1.07 bits per heavy atom. The van der Waals surface area contributed by atoms with Gasteiger partial charge < -0.3 is 19.3 Å². The molecule has 1 aliphatic heterocycles. The highest BCUT2D eigenvalue weighted by Gasteiger charge is 2.23. The van der Waals surface area contributed by atoms with Gasteiger partial charge in [-0.2, -0.15) is 0 Å². The first-order valence-electron chi connectivity index (χ1n) is 10.3. The van der Waals surface area contributed by atoms with E-state index in [1.54, 1.807) is 24.3 Å². The molecule has 1 unspecified atom stereocenters. The van der Waals surface area contributed by atoms with Crippen LogP contribution in [0.15, 0.2) is 48.5 Å². The summed E-state index contributed by atoms with van der Waals surface area (Å²) in [4.78, 5) is 28.2. The minimum absolute atomic E-state index is 0.000602. The van der Waals surface area contributed by atoms with Crippen LogP contribution in [-0.2, 0) is 16.1 Å². The van der Waals surface area contributed by atoms with Crippen LogP contribution in [0.3, 0.4) is 0 Å². The summed E-state index contributed by atoms with van der Waals surface area (Å²) in [6.45, 7) is 3.29. The van der Waals surface area contributed by atoms with Crippen LogP contribution in [0.25, 0.3) is 0 Å². The van der Waals surface area contributed by atoms with Crippen LogP contribution in [-0.4, -0.2) is 56.5 Å². The number of anilines is 1. The van der Waals surface area contributed by atoms with Gasteiger partial charge in [-0.05, 0) is 61.7 Å². The van der Waals surface area contributed by atoms with E-state index in [1.807, 2.05) is 36.0 Å². The van der Waals surface area contributed by atoms with Crippen LogP contribution in [0.4, 0.5) is 5.69 Å². The zero-order valence-electron chi connectivity index (χ0n) is 18.0. The second kappa shape index (κ2) is 10.3. The quantitative estimate of drug-likeness (QED) is 0.592. The number of carbonyl (C=O) groups excluding carboxylic acids is 2. The summed E-state index contributed by atoms with van der Waals surface area (Å²) in [6.07, 6.45) is 2.07. The summed E-state index contributed by atoms with van der Waals surface area (Å²) in [5, 5.41) is 0. The fourth-order valence-electron chi connectivity index (χ4n) is 3.43. The van der Waals surface area contributed by atoms with Crippen LogP contribution < -0.4 is 9.64 Å². The molecule has 0 aromatic heterocycles. The van der Waals surface area contributed by atoms with E-state index in [0.717, 1.165) is 30.7 Å². The first-order chi connectivity index (χ1) is 14.4. The number of hydrogen-bond acceptors (Lipinski definition) is 5. The molecule has 1 atom stereocenters. The van der Waals surface area contributed by atoms with E-state index in [9.17, 15) is 9.59 Å². The standard InChI is InChI=1S/C24H30N2O4/c1-18(27)20-8-12-22(13-9-20)30-17-24(28)26(16-23-5-4-14-29-23)15-19-6-10-21(11-7-19)25(2)3/h6-13,23H,4-5,14-17H2,1-3H3. The number of benzene rings is 2. The Bertz CT molecular complexity index is 841. The predicted molar refractivity (Wildman–Crippen MR) is 117 cm³/mol. The highest BCUT2D eigenvalue weighted by Crippen LogP contribution is 2.18. The first kappa shape index (κ1) is 21.8. The van der Waals surface area contributed by atoms with Crippen LogP contribution in [0.1, 0.15) is 35.7 Å². The van der Waals surface area contributed by atoms with Gasteiger partial charge in [0.2, 0.25) is 0 Å². The molecule has 0 N–H and O–H groups in total. The van der Waals surface area contributed by atoms with Crippen LogP contribution in [0.2, 0.25) is 0 Å². The molecule has 0 bridgehead atoms. The highest BCUT2D eigenvalue weighted by molar-refractivity contribution is 5.94. The SMILES string of the molecule is CC(=O)c1ccc(OCC(=O)N(Cc2ccc(N(C)C)cc2)CC2CCCO2)cc1. The zero-order chi connectivity index (χ0) is 21.5. The van der Waals surface area contributed by atoms with Gasteiger partial charge in [0, 0.05) is 45.0 Å². The van der Waals surface area contributed by atoms with Gasteiger partial charge >= 0.3 is 0 Å². The first-order valence-corrected chi connectivity index (χ1v) is 10.3. The zero-order valence-corrected chi connectivity index (χ0v) is 18.0. The van der Waals surface area contributed by atoms with Gasteiger partial charge in [0.1, 0.15) is 5.75 Å². The van der Waals surface area contributed by atoms with Gasteiger partial charge in [-0.25, -0.2) is 0 Å². The second-order valence-corrected chi connectivity index (χ2v) is 7.84. The molecule has 6 nitrogen and oxygen atoms in total. The van der Waals surface area contributed by atoms with E-state index in [-0.39, 0.29) is 24.4 Å². The molecule has 1 amide bonds. The molecular weight excluding hydrogens is 380 g/mol. The monoisotopic (exact) mass is 410 g/mol. The molecule has 2 aromatic carbocycles. The van der Waals surface area contributed by atoms with Crippen LogP contribution >= 0.6 is 0 Å². The van der Waals surface area contributed by atoms with Crippen LogP contribution in [0.5, 0.6) is 5.75 Å². The van der Waals surface area contributed by atoms with E-state index in [1.165, 1.54) is 6.92 Å². The molecule has 1 fully saturated rings. The average Bonchev–Trinajstić information content (AvgIpc) is 3.25.